The van der Waals surface area contributed by atoms with Crippen LogP contribution in [-0.4, -0.2) is 40.3 Å². The quantitative estimate of drug-likeness (QED) is 0.647. The molecule has 0 aliphatic heterocycles. The molecule has 0 aliphatic rings. The number of methoxy groups -OCH3 is 1. The Bertz CT molecular complexity index is 965. The summed E-state index contributed by atoms with van der Waals surface area (Å²) in [5, 5.41) is 3.02. The largest absolute Gasteiger partial charge is 0.495 e. The zero-order valence-electron chi connectivity index (χ0n) is 16.8. The van der Waals surface area contributed by atoms with Crippen LogP contribution >= 0.6 is 11.6 Å². The number of halogens is 1. The van der Waals surface area contributed by atoms with Crippen molar-refractivity contribution in [3.63, 3.8) is 0 Å². The third-order valence-electron chi connectivity index (χ3n) is 4.15. The summed E-state index contributed by atoms with van der Waals surface area (Å²) < 4.78 is 36.4. The normalized spacial score (nSPS) is 12.2. The van der Waals surface area contributed by atoms with Crippen molar-refractivity contribution in [2.45, 2.75) is 26.4 Å². The fourth-order valence-corrected chi connectivity index (χ4v) is 4.27. The molecular weight excluding hydrogens is 416 g/mol. The summed E-state index contributed by atoms with van der Waals surface area (Å²) in [5.41, 5.74) is 1.12. The highest BCUT2D eigenvalue weighted by molar-refractivity contribution is 7.92. The van der Waals surface area contributed by atoms with Gasteiger partial charge in [-0.25, -0.2) is 8.42 Å². The fourth-order valence-electron chi connectivity index (χ4n) is 2.85. The number of rotatable bonds is 9. The van der Waals surface area contributed by atoms with Gasteiger partial charge in [-0.3, -0.25) is 9.10 Å². The van der Waals surface area contributed by atoms with Gasteiger partial charge in [0.15, 0.2) is 0 Å². The van der Waals surface area contributed by atoms with Crippen molar-refractivity contribution in [3.8, 4) is 11.5 Å². The summed E-state index contributed by atoms with van der Waals surface area (Å²) in [7, 11) is -2.28. The number of ether oxygens (including phenoxy) is 2. The van der Waals surface area contributed by atoms with Gasteiger partial charge in [-0.2, -0.15) is 0 Å². The van der Waals surface area contributed by atoms with Crippen LogP contribution in [0.5, 0.6) is 11.5 Å². The molecule has 0 saturated heterocycles. The predicted molar refractivity (Wildman–Crippen MR) is 114 cm³/mol. The second-order valence-corrected chi connectivity index (χ2v) is 8.62. The van der Waals surface area contributed by atoms with E-state index < -0.39 is 22.0 Å². The summed E-state index contributed by atoms with van der Waals surface area (Å²) in [6.45, 7) is 4.19. The molecule has 1 N–H and O–H groups in total. The number of amides is 1. The number of hydrogen-bond acceptors (Lipinski definition) is 5. The third-order valence-corrected chi connectivity index (χ3v) is 5.69. The molecule has 1 atom stereocenters. The Morgan fingerprint density at radius 3 is 2.55 bits per heavy atom. The molecule has 0 radical (unpaired) electrons. The van der Waals surface area contributed by atoms with E-state index in [0.29, 0.717) is 18.1 Å². The lowest BCUT2D eigenvalue weighted by atomic mass is 10.2. The van der Waals surface area contributed by atoms with Crippen LogP contribution in [0, 0.1) is 0 Å². The summed E-state index contributed by atoms with van der Waals surface area (Å²) in [5.74, 6) is 0.678. The molecule has 9 heteroatoms. The van der Waals surface area contributed by atoms with Crippen LogP contribution in [-0.2, 0) is 21.4 Å². The lowest BCUT2D eigenvalue weighted by Gasteiger charge is -2.28. The van der Waals surface area contributed by atoms with Gasteiger partial charge in [0.2, 0.25) is 15.9 Å². The first-order valence-electron chi connectivity index (χ1n) is 8.99. The van der Waals surface area contributed by atoms with E-state index >= 15 is 0 Å². The molecule has 0 saturated carbocycles. The topological polar surface area (TPSA) is 84.9 Å². The van der Waals surface area contributed by atoms with Crippen molar-refractivity contribution < 1.29 is 22.7 Å². The van der Waals surface area contributed by atoms with Crippen LogP contribution in [0.1, 0.15) is 19.4 Å². The standard InChI is InChI=1S/C20H25ClN2O5S/c1-5-28-17-8-6-7-15(11-17)13-22-20(24)14(2)23(29(4,25)26)16-9-10-19(27-3)18(21)12-16/h6-12,14H,5,13H2,1-4H3,(H,22,24)/t14-/m0/s1. The van der Waals surface area contributed by atoms with Gasteiger partial charge in [0, 0.05) is 6.54 Å². The van der Waals surface area contributed by atoms with Crippen molar-refractivity contribution in [1.82, 2.24) is 5.32 Å². The van der Waals surface area contributed by atoms with Crippen LogP contribution in [0.2, 0.25) is 5.02 Å². The van der Waals surface area contributed by atoms with Crippen molar-refractivity contribution in [2.24, 2.45) is 0 Å². The first-order chi connectivity index (χ1) is 13.7. The maximum absolute atomic E-state index is 12.7. The molecule has 2 aromatic rings. The Labute approximate surface area is 176 Å². The van der Waals surface area contributed by atoms with E-state index in [9.17, 15) is 13.2 Å². The second-order valence-electron chi connectivity index (χ2n) is 6.35. The van der Waals surface area contributed by atoms with Gasteiger partial charge in [0.1, 0.15) is 17.5 Å². The Morgan fingerprint density at radius 1 is 1.24 bits per heavy atom. The van der Waals surface area contributed by atoms with Gasteiger partial charge in [-0.15, -0.1) is 0 Å². The second kappa shape index (κ2) is 9.84. The summed E-state index contributed by atoms with van der Waals surface area (Å²) in [6, 6.07) is 10.9. The number of nitrogens with zero attached hydrogens (tertiary/aromatic N) is 1. The Balaban J connectivity index is 2.19. The first kappa shape index (κ1) is 22.8. The number of benzene rings is 2. The molecular formula is C20H25ClN2O5S. The van der Waals surface area contributed by atoms with E-state index in [1.165, 1.54) is 20.1 Å². The van der Waals surface area contributed by atoms with Crippen molar-refractivity contribution in [2.75, 3.05) is 24.3 Å². The Morgan fingerprint density at radius 2 is 1.97 bits per heavy atom. The molecule has 0 fully saturated rings. The van der Waals surface area contributed by atoms with Crippen LogP contribution in [0.3, 0.4) is 0 Å². The van der Waals surface area contributed by atoms with Crippen LogP contribution in [0.25, 0.3) is 0 Å². The molecule has 2 aromatic carbocycles. The highest BCUT2D eigenvalue weighted by atomic mass is 35.5. The molecule has 1 amide bonds. The van der Waals surface area contributed by atoms with Gasteiger partial charge in [-0.05, 0) is 49.7 Å². The monoisotopic (exact) mass is 440 g/mol. The van der Waals surface area contributed by atoms with Gasteiger partial charge in [0.25, 0.3) is 0 Å². The van der Waals surface area contributed by atoms with E-state index in [0.717, 1.165) is 16.1 Å². The van der Waals surface area contributed by atoms with Crippen molar-refractivity contribution in [3.05, 3.63) is 53.1 Å². The van der Waals surface area contributed by atoms with E-state index in [4.69, 9.17) is 21.1 Å². The molecule has 0 bridgehead atoms. The number of carbonyl (C=O) groups is 1. The van der Waals surface area contributed by atoms with E-state index in [2.05, 4.69) is 5.32 Å². The molecule has 29 heavy (non-hydrogen) atoms. The Kier molecular flexibility index (Phi) is 7.75. The number of anilines is 1. The van der Waals surface area contributed by atoms with E-state index in [-0.39, 0.29) is 17.3 Å². The molecule has 0 aliphatic carbocycles. The number of hydrogen-bond donors (Lipinski definition) is 1. The van der Waals surface area contributed by atoms with Gasteiger partial charge in [-0.1, -0.05) is 23.7 Å². The van der Waals surface area contributed by atoms with E-state index in [1.54, 1.807) is 12.1 Å². The average Bonchev–Trinajstić information content (AvgIpc) is 2.66. The zero-order chi connectivity index (χ0) is 21.6. The third kappa shape index (κ3) is 6.01. The highest BCUT2D eigenvalue weighted by Gasteiger charge is 2.29. The molecule has 2 rings (SSSR count). The summed E-state index contributed by atoms with van der Waals surface area (Å²) >= 11 is 6.13. The number of carbonyl (C=O) groups excluding carboxylic acids is 1. The Hall–Kier alpha value is -2.45. The van der Waals surface area contributed by atoms with Crippen LogP contribution in [0.15, 0.2) is 42.5 Å². The number of sulfonamides is 1. The summed E-state index contributed by atoms with van der Waals surface area (Å²) in [4.78, 5) is 12.7. The first-order valence-corrected chi connectivity index (χ1v) is 11.2. The zero-order valence-corrected chi connectivity index (χ0v) is 18.4. The maximum atomic E-state index is 12.7. The minimum absolute atomic E-state index is 0.241. The van der Waals surface area contributed by atoms with E-state index in [1.807, 2.05) is 31.2 Å². The van der Waals surface area contributed by atoms with Gasteiger partial charge < -0.3 is 14.8 Å². The minimum atomic E-state index is -3.74. The lowest BCUT2D eigenvalue weighted by molar-refractivity contribution is -0.122. The molecule has 0 unspecified atom stereocenters. The molecule has 158 valence electrons. The minimum Gasteiger partial charge on any atom is -0.495 e. The SMILES string of the molecule is CCOc1cccc(CNC(=O)[C@H](C)N(c2ccc(OC)c(Cl)c2)S(C)(=O)=O)c1. The van der Waals surface area contributed by atoms with Crippen LogP contribution in [0.4, 0.5) is 5.69 Å². The van der Waals surface area contributed by atoms with Gasteiger partial charge in [0.05, 0.1) is 30.7 Å². The van der Waals surface area contributed by atoms with Crippen molar-refractivity contribution >= 4 is 33.2 Å². The highest BCUT2D eigenvalue weighted by Crippen LogP contribution is 2.31. The predicted octanol–water partition coefficient (Wildman–Crippen LogP) is 3.22. The lowest BCUT2D eigenvalue weighted by Crippen LogP contribution is -2.47. The average molecular weight is 441 g/mol. The fraction of sp³-hybridized carbons (Fsp3) is 0.350. The van der Waals surface area contributed by atoms with Crippen molar-refractivity contribution in [1.29, 1.82) is 0 Å². The molecule has 0 heterocycles. The van der Waals surface area contributed by atoms with Crippen LogP contribution < -0.4 is 19.1 Å². The smallest absolute Gasteiger partial charge is 0.243 e. The molecule has 7 nitrogen and oxygen atoms in total. The summed E-state index contributed by atoms with van der Waals surface area (Å²) in [6.07, 6.45) is 1.04. The molecule has 0 spiro atoms. The number of nitrogens with one attached hydrogen (secondary N) is 1. The maximum Gasteiger partial charge on any atom is 0.243 e. The van der Waals surface area contributed by atoms with Gasteiger partial charge >= 0.3 is 0 Å². The molecule has 0 aromatic heterocycles.